The number of rotatable bonds is 6. The van der Waals surface area contributed by atoms with Crippen LogP contribution >= 0.6 is 11.6 Å². The van der Waals surface area contributed by atoms with Gasteiger partial charge in [0.05, 0.1) is 0 Å². The van der Waals surface area contributed by atoms with E-state index in [4.69, 9.17) is 11.6 Å². The minimum absolute atomic E-state index is 0.0307. The zero-order valence-electron chi connectivity index (χ0n) is 10.8. The van der Waals surface area contributed by atoms with Gasteiger partial charge in [-0.1, -0.05) is 51.1 Å². The minimum Gasteiger partial charge on any atom is -0.281 e. The first kappa shape index (κ1) is 14.2. The lowest BCUT2D eigenvalue weighted by atomic mass is 9.84. The van der Waals surface area contributed by atoms with Gasteiger partial charge in [0.1, 0.15) is 0 Å². The van der Waals surface area contributed by atoms with E-state index >= 15 is 0 Å². The van der Waals surface area contributed by atoms with Crippen LogP contribution in [0.25, 0.3) is 0 Å². The number of hydrogen-bond acceptors (Lipinski definition) is 1. The number of carbonyl (C=O) groups is 1. The molecule has 2 atom stereocenters. The molecule has 0 aliphatic carbocycles. The molecule has 0 aliphatic rings. The molecule has 17 heavy (non-hydrogen) atoms. The van der Waals surface area contributed by atoms with Crippen molar-refractivity contribution in [1.82, 2.24) is 0 Å². The van der Waals surface area contributed by atoms with Crippen LogP contribution in [0.5, 0.6) is 0 Å². The predicted molar refractivity (Wildman–Crippen MR) is 73.1 cm³/mol. The fraction of sp³-hybridized carbons (Fsp3) is 0.533. The lowest BCUT2D eigenvalue weighted by molar-refractivity contribution is -0.117. The van der Waals surface area contributed by atoms with Crippen molar-refractivity contribution in [3.63, 3.8) is 0 Å². The molecule has 1 nitrogen and oxygen atoms in total. The van der Waals surface area contributed by atoms with Gasteiger partial charge in [-0.3, -0.25) is 4.79 Å². The molecule has 2 heteroatoms. The van der Waals surface area contributed by atoms with Gasteiger partial charge in [0.25, 0.3) is 0 Å². The average molecular weight is 253 g/mol. The van der Waals surface area contributed by atoms with Crippen LogP contribution in [0.15, 0.2) is 30.3 Å². The normalized spacial score (nSPS) is 14.6. The highest BCUT2D eigenvalue weighted by Crippen LogP contribution is 2.26. The van der Waals surface area contributed by atoms with Crippen molar-refractivity contribution in [3.05, 3.63) is 35.9 Å². The van der Waals surface area contributed by atoms with Crippen molar-refractivity contribution in [2.75, 3.05) is 0 Å². The summed E-state index contributed by atoms with van der Waals surface area (Å²) in [5.74, 6) is 0.766. The van der Waals surface area contributed by atoms with E-state index in [2.05, 4.69) is 32.9 Å². The van der Waals surface area contributed by atoms with Gasteiger partial charge in [0.15, 0.2) is 0 Å². The molecule has 0 saturated heterocycles. The van der Waals surface area contributed by atoms with E-state index in [-0.39, 0.29) is 11.2 Å². The monoisotopic (exact) mass is 252 g/mol. The molecule has 0 aliphatic heterocycles. The fourth-order valence-corrected chi connectivity index (χ4v) is 2.49. The quantitative estimate of drug-likeness (QED) is 0.690. The van der Waals surface area contributed by atoms with E-state index in [0.29, 0.717) is 11.8 Å². The highest BCUT2D eigenvalue weighted by atomic mass is 35.5. The molecule has 1 aromatic carbocycles. The van der Waals surface area contributed by atoms with E-state index in [1.807, 2.05) is 18.2 Å². The Labute approximate surface area is 109 Å². The molecular formula is C15H21ClO. The molecule has 94 valence electrons. The second-order valence-corrected chi connectivity index (χ2v) is 5.58. The lowest BCUT2D eigenvalue weighted by Crippen LogP contribution is -2.22. The predicted octanol–water partition coefficient (Wildman–Crippen LogP) is 4.29. The van der Waals surface area contributed by atoms with E-state index in [1.54, 1.807) is 0 Å². The Balaban J connectivity index is 2.65. The van der Waals surface area contributed by atoms with Crippen LogP contribution in [-0.2, 0) is 11.2 Å². The van der Waals surface area contributed by atoms with Crippen LogP contribution in [0, 0.1) is 17.8 Å². The van der Waals surface area contributed by atoms with Gasteiger partial charge >= 0.3 is 0 Å². The van der Waals surface area contributed by atoms with Gasteiger partial charge in [-0.25, -0.2) is 0 Å². The van der Waals surface area contributed by atoms with Crippen LogP contribution < -0.4 is 0 Å². The number of benzene rings is 1. The van der Waals surface area contributed by atoms with Gasteiger partial charge in [-0.15, -0.1) is 0 Å². The lowest BCUT2D eigenvalue weighted by Gasteiger charge is -2.22. The maximum atomic E-state index is 11.5. The molecule has 0 bridgehead atoms. The van der Waals surface area contributed by atoms with Gasteiger partial charge in [-0.2, -0.15) is 0 Å². The SMILES string of the molecule is CC(C)CC(C(=O)Cl)C(C)Cc1ccccc1. The first-order valence-electron chi connectivity index (χ1n) is 6.24. The second kappa shape index (κ2) is 6.80. The summed E-state index contributed by atoms with van der Waals surface area (Å²) >= 11 is 5.71. The highest BCUT2D eigenvalue weighted by molar-refractivity contribution is 6.64. The first-order chi connectivity index (χ1) is 8.00. The second-order valence-electron chi connectivity index (χ2n) is 5.21. The largest absolute Gasteiger partial charge is 0.281 e. The number of hydrogen-bond donors (Lipinski definition) is 0. The standard InChI is InChI=1S/C15H21ClO/c1-11(2)9-14(15(16)17)12(3)10-13-7-5-4-6-8-13/h4-8,11-12,14H,9-10H2,1-3H3. The Morgan fingerprint density at radius 2 is 1.76 bits per heavy atom. The van der Waals surface area contributed by atoms with E-state index in [1.165, 1.54) is 5.56 Å². The third-order valence-corrected chi connectivity index (χ3v) is 3.38. The molecule has 0 radical (unpaired) electrons. The molecular weight excluding hydrogens is 232 g/mol. The van der Waals surface area contributed by atoms with E-state index in [9.17, 15) is 4.79 Å². The summed E-state index contributed by atoms with van der Waals surface area (Å²) in [6.07, 6.45) is 1.78. The van der Waals surface area contributed by atoms with Crippen LogP contribution in [0.1, 0.15) is 32.8 Å². The van der Waals surface area contributed by atoms with Crippen molar-refractivity contribution in [1.29, 1.82) is 0 Å². The van der Waals surface area contributed by atoms with Gasteiger partial charge in [-0.05, 0) is 41.8 Å². The summed E-state index contributed by atoms with van der Waals surface area (Å²) < 4.78 is 0. The molecule has 0 fully saturated rings. The topological polar surface area (TPSA) is 17.1 Å². The minimum atomic E-state index is -0.192. The van der Waals surface area contributed by atoms with Gasteiger partial charge in [0, 0.05) is 5.92 Å². The third-order valence-electron chi connectivity index (χ3n) is 3.10. The van der Waals surface area contributed by atoms with Crippen molar-refractivity contribution < 1.29 is 4.79 Å². The molecule has 0 saturated carbocycles. The third kappa shape index (κ3) is 4.91. The molecule has 1 aromatic rings. The Kier molecular flexibility index (Phi) is 5.70. The zero-order chi connectivity index (χ0) is 12.8. The van der Waals surface area contributed by atoms with Gasteiger partial charge in [0.2, 0.25) is 5.24 Å². The molecule has 0 spiro atoms. The maximum absolute atomic E-state index is 11.5. The van der Waals surface area contributed by atoms with Crippen LogP contribution in [0.2, 0.25) is 0 Å². The summed E-state index contributed by atoms with van der Waals surface area (Å²) in [4.78, 5) is 11.5. The summed E-state index contributed by atoms with van der Waals surface area (Å²) in [6, 6.07) is 10.3. The molecule has 0 heterocycles. The summed E-state index contributed by atoms with van der Waals surface area (Å²) in [5, 5.41) is -0.192. The van der Waals surface area contributed by atoms with Crippen molar-refractivity contribution >= 4 is 16.8 Å². The molecule has 2 unspecified atom stereocenters. The van der Waals surface area contributed by atoms with E-state index < -0.39 is 0 Å². The Bertz CT molecular complexity index is 345. The van der Waals surface area contributed by atoms with Crippen LogP contribution in [0.4, 0.5) is 0 Å². The Morgan fingerprint density at radius 1 is 1.18 bits per heavy atom. The summed E-state index contributed by atoms with van der Waals surface area (Å²) in [6.45, 7) is 6.37. The maximum Gasteiger partial charge on any atom is 0.225 e. The number of carbonyl (C=O) groups excluding carboxylic acids is 1. The van der Waals surface area contributed by atoms with Gasteiger partial charge < -0.3 is 0 Å². The van der Waals surface area contributed by atoms with Crippen LogP contribution in [-0.4, -0.2) is 5.24 Å². The van der Waals surface area contributed by atoms with Crippen molar-refractivity contribution in [2.45, 2.75) is 33.6 Å². The zero-order valence-corrected chi connectivity index (χ0v) is 11.6. The van der Waals surface area contributed by atoms with E-state index in [0.717, 1.165) is 12.8 Å². The molecule has 0 amide bonds. The molecule has 0 N–H and O–H groups in total. The molecule has 1 rings (SSSR count). The van der Waals surface area contributed by atoms with Crippen molar-refractivity contribution in [2.24, 2.45) is 17.8 Å². The number of halogens is 1. The fourth-order valence-electron chi connectivity index (χ4n) is 2.18. The van der Waals surface area contributed by atoms with Crippen molar-refractivity contribution in [3.8, 4) is 0 Å². The molecule has 0 aromatic heterocycles. The summed E-state index contributed by atoms with van der Waals surface area (Å²) in [7, 11) is 0. The highest BCUT2D eigenvalue weighted by Gasteiger charge is 2.24. The first-order valence-corrected chi connectivity index (χ1v) is 6.61. The summed E-state index contributed by atoms with van der Waals surface area (Å²) in [5.41, 5.74) is 1.27. The smallest absolute Gasteiger partial charge is 0.225 e. The Hall–Kier alpha value is -0.820. The average Bonchev–Trinajstić information content (AvgIpc) is 2.26. The Morgan fingerprint density at radius 3 is 2.24 bits per heavy atom. The van der Waals surface area contributed by atoms with Crippen LogP contribution in [0.3, 0.4) is 0 Å².